The molecule has 2 saturated heterocycles. The molecule has 2 fully saturated rings. The Morgan fingerprint density at radius 2 is 1.41 bits per heavy atom. The number of amides is 5. The lowest BCUT2D eigenvalue weighted by molar-refractivity contribution is -0.140. The zero-order valence-corrected chi connectivity index (χ0v) is 36.2. The van der Waals surface area contributed by atoms with Crippen molar-refractivity contribution in [3.63, 3.8) is 0 Å². The highest BCUT2D eigenvalue weighted by atomic mass is 16.5. The Balaban J connectivity index is 1.13. The Labute approximate surface area is 358 Å². The lowest BCUT2D eigenvalue weighted by atomic mass is 9.85. The van der Waals surface area contributed by atoms with E-state index in [0.29, 0.717) is 43.9 Å². The number of nitrogens with zero attached hydrogens (tertiary/aromatic N) is 3. The van der Waals surface area contributed by atoms with Gasteiger partial charge < -0.3 is 40.2 Å². The van der Waals surface area contributed by atoms with Crippen molar-refractivity contribution in [2.45, 2.75) is 96.8 Å². The lowest BCUT2D eigenvalue weighted by Crippen LogP contribution is -2.57. The minimum Gasteiger partial charge on any atom is -0.453 e. The number of nitrogens with one attached hydrogen (secondary N) is 4. The molecule has 61 heavy (non-hydrogen) atoms. The van der Waals surface area contributed by atoms with Crippen molar-refractivity contribution in [1.29, 1.82) is 0 Å². The number of benzene rings is 3. The molecule has 14 nitrogen and oxygen atoms in total. The zero-order chi connectivity index (χ0) is 43.8. The Morgan fingerprint density at radius 3 is 2.05 bits per heavy atom. The summed E-state index contributed by atoms with van der Waals surface area (Å²) in [4.78, 5) is 76.6. The average Bonchev–Trinajstić information content (AvgIpc) is 4.06. The zero-order valence-electron chi connectivity index (χ0n) is 36.2. The minimum atomic E-state index is -0.853. The highest BCUT2D eigenvalue weighted by Crippen LogP contribution is 2.35. The number of aromatic nitrogens is 2. The summed E-state index contributed by atoms with van der Waals surface area (Å²) < 4.78 is 9.54. The van der Waals surface area contributed by atoms with Crippen LogP contribution in [0.5, 0.6) is 0 Å². The van der Waals surface area contributed by atoms with Crippen molar-refractivity contribution in [1.82, 2.24) is 30.4 Å². The predicted octanol–water partition coefficient (Wildman–Crippen LogP) is 7.20. The van der Waals surface area contributed by atoms with Gasteiger partial charge in [0.05, 0.1) is 32.2 Å². The predicted molar refractivity (Wildman–Crippen MR) is 232 cm³/mol. The second-order valence-electron chi connectivity index (χ2n) is 17.3. The summed E-state index contributed by atoms with van der Waals surface area (Å²) in [5.41, 5.74) is 5.25. The smallest absolute Gasteiger partial charge is 0.407 e. The van der Waals surface area contributed by atoms with Crippen LogP contribution in [-0.2, 0) is 30.3 Å². The standard InChI is InChI=1S/C47H59N7O7/c1-29(2)39(51-45(58)60-6)43(56)53-25-11-15-37(53)41-48-28-36(50-41)33-21-19-32(20-22-33)35(31-13-9-8-10-14-31)27-30-17-23-34(24-18-30)49-42(55)38-16-12-26-54(38)44(57)40(47(3,4)5)52-46(59)61-7/h8-10,13-14,17-24,28-29,35,37-40H,11-12,15-16,25-27H2,1-7H3,(H,48,50)(H,49,55)(H,51,58)(H,52,59). The molecule has 6 rings (SSSR count). The fourth-order valence-corrected chi connectivity index (χ4v) is 8.33. The largest absolute Gasteiger partial charge is 0.453 e. The highest BCUT2D eigenvalue weighted by Gasteiger charge is 2.42. The van der Waals surface area contributed by atoms with E-state index in [1.54, 1.807) is 16.0 Å². The molecule has 4 N–H and O–H groups in total. The fraction of sp³-hybridized carbons (Fsp3) is 0.447. The van der Waals surface area contributed by atoms with Gasteiger partial charge in [0.1, 0.15) is 23.9 Å². The van der Waals surface area contributed by atoms with Gasteiger partial charge in [-0.05, 0) is 77.8 Å². The van der Waals surface area contributed by atoms with Gasteiger partial charge in [-0.1, -0.05) is 101 Å². The van der Waals surface area contributed by atoms with Crippen molar-refractivity contribution < 1.29 is 33.4 Å². The maximum atomic E-state index is 13.7. The van der Waals surface area contributed by atoms with Crippen LogP contribution in [-0.4, -0.2) is 95.1 Å². The van der Waals surface area contributed by atoms with E-state index >= 15 is 0 Å². The number of H-pyrrole nitrogens is 1. The van der Waals surface area contributed by atoms with Crippen LogP contribution in [0.2, 0.25) is 0 Å². The molecular weight excluding hydrogens is 775 g/mol. The van der Waals surface area contributed by atoms with Gasteiger partial charge in [0, 0.05) is 24.7 Å². The Kier molecular flexibility index (Phi) is 14.2. The van der Waals surface area contributed by atoms with Crippen molar-refractivity contribution in [2.24, 2.45) is 11.3 Å². The van der Waals surface area contributed by atoms with Gasteiger partial charge in [0.2, 0.25) is 17.7 Å². The topological polar surface area (TPSA) is 175 Å². The number of rotatable bonds is 13. The molecule has 324 valence electrons. The van der Waals surface area contributed by atoms with E-state index in [1.807, 2.05) is 77.1 Å². The Hall–Kier alpha value is -6.18. The SMILES string of the molecule is COC(=O)NC(C(=O)N1CCCC1c1ncc(-c2ccc(C(Cc3ccc(NC(=O)C4CCCN4C(=O)C(NC(=O)OC)C(C)(C)C)cc3)c3ccccc3)cc2)[nH]1)C(C)C. The molecule has 3 aromatic carbocycles. The maximum Gasteiger partial charge on any atom is 0.407 e. The number of alkyl carbamates (subject to hydrolysis) is 2. The second kappa shape index (κ2) is 19.5. The number of carbonyl (C=O) groups excluding carboxylic acids is 5. The Morgan fingerprint density at radius 1 is 0.787 bits per heavy atom. The molecule has 0 spiro atoms. The summed E-state index contributed by atoms with van der Waals surface area (Å²) in [5, 5.41) is 8.38. The first-order valence-corrected chi connectivity index (χ1v) is 21.1. The molecule has 5 unspecified atom stereocenters. The molecule has 3 heterocycles. The van der Waals surface area contributed by atoms with Crippen LogP contribution in [0, 0.1) is 11.3 Å². The summed E-state index contributed by atoms with van der Waals surface area (Å²) in [6.07, 6.45) is 4.00. The number of hydrogen-bond donors (Lipinski definition) is 4. The molecule has 0 radical (unpaired) electrons. The highest BCUT2D eigenvalue weighted by molar-refractivity contribution is 5.98. The number of ether oxygens (including phenoxy) is 2. The molecule has 5 amide bonds. The van der Waals surface area contributed by atoms with Crippen LogP contribution < -0.4 is 16.0 Å². The van der Waals surface area contributed by atoms with Gasteiger partial charge in [0.25, 0.3) is 0 Å². The van der Waals surface area contributed by atoms with Gasteiger partial charge in [0.15, 0.2) is 0 Å². The first kappa shape index (κ1) is 44.4. The summed E-state index contributed by atoms with van der Waals surface area (Å²) in [6, 6.07) is 24.2. The van der Waals surface area contributed by atoms with E-state index in [1.165, 1.54) is 19.8 Å². The van der Waals surface area contributed by atoms with Crippen molar-refractivity contribution in [3.05, 3.63) is 108 Å². The monoisotopic (exact) mass is 833 g/mol. The summed E-state index contributed by atoms with van der Waals surface area (Å²) >= 11 is 0. The number of carbonyl (C=O) groups is 5. The summed E-state index contributed by atoms with van der Waals surface area (Å²) in [5.74, 6) is -0.0859. The van der Waals surface area contributed by atoms with Crippen LogP contribution in [0.25, 0.3) is 11.3 Å². The normalized spacial score (nSPS) is 18.0. The Bertz CT molecular complexity index is 2150. The third-order valence-corrected chi connectivity index (χ3v) is 11.7. The van der Waals surface area contributed by atoms with E-state index in [-0.39, 0.29) is 35.6 Å². The summed E-state index contributed by atoms with van der Waals surface area (Å²) in [7, 11) is 2.54. The van der Waals surface area contributed by atoms with E-state index in [4.69, 9.17) is 14.5 Å². The second-order valence-corrected chi connectivity index (χ2v) is 17.3. The van der Waals surface area contributed by atoms with Crippen molar-refractivity contribution in [2.75, 3.05) is 32.6 Å². The molecule has 5 atom stereocenters. The molecule has 0 aliphatic carbocycles. The van der Waals surface area contributed by atoms with E-state index in [2.05, 4.69) is 57.3 Å². The number of imidazole rings is 1. The lowest BCUT2D eigenvalue weighted by Gasteiger charge is -2.35. The van der Waals surface area contributed by atoms with Gasteiger partial charge in [-0.2, -0.15) is 0 Å². The third kappa shape index (κ3) is 10.6. The minimum absolute atomic E-state index is 0.0472. The third-order valence-electron chi connectivity index (χ3n) is 11.7. The van der Waals surface area contributed by atoms with Crippen molar-refractivity contribution in [3.8, 4) is 11.3 Å². The van der Waals surface area contributed by atoms with E-state index < -0.39 is 35.7 Å². The average molecular weight is 834 g/mol. The van der Waals surface area contributed by atoms with Crippen molar-refractivity contribution >= 4 is 35.6 Å². The van der Waals surface area contributed by atoms with Gasteiger partial charge >= 0.3 is 12.2 Å². The molecule has 0 saturated carbocycles. The quantitative estimate of drug-likeness (QED) is 0.109. The van der Waals surface area contributed by atoms with Crippen LogP contribution in [0.1, 0.15) is 94.8 Å². The maximum absolute atomic E-state index is 13.7. The molecule has 2 aliphatic heterocycles. The number of likely N-dealkylation sites (tertiary alicyclic amines) is 2. The van der Waals surface area contributed by atoms with E-state index in [9.17, 15) is 24.0 Å². The van der Waals surface area contributed by atoms with Gasteiger partial charge in [-0.25, -0.2) is 14.6 Å². The molecule has 14 heteroatoms. The van der Waals surface area contributed by atoms with Crippen LogP contribution in [0.3, 0.4) is 0 Å². The fourth-order valence-electron chi connectivity index (χ4n) is 8.33. The molecule has 0 bridgehead atoms. The number of anilines is 1. The molecule has 4 aromatic rings. The van der Waals surface area contributed by atoms with Crippen LogP contribution in [0.15, 0.2) is 85.1 Å². The van der Waals surface area contributed by atoms with E-state index in [0.717, 1.165) is 35.2 Å². The summed E-state index contributed by atoms with van der Waals surface area (Å²) in [6.45, 7) is 10.4. The molecular formula is C47H59N7O7. The molecule has 1 aromatic heterocycles. The first-order chi connectivity index (χ1) is 29.2. The van der Waals surface area contributed by atoms with Gasteiger partial charge in [-0.3, -0.25) is 14.4 Å². The first-order valence-electron chi connectivity index (χ1n) is 21.1. The van der Waals surface area contributed by atoms with Crippen LogP contribution >= 0.6 is 0 Å². The van der Waals surface area contributed by atoms with Gasteiger partial charge in [-0.15, -0.1) is 0 Å². The molecule has 2 aliphatic rings. The number of methoxy groups -OCH3 is 2. The number of hydrogen-bond acceptors (Lipinski definition) is 8. The number of aromatic amines is 1. The van der Waals surface area contributed by atoms with Crippen LogP contribution in [0.4, 0.5) is 15.3 Å².